The van der Waals surface area contributed by atoms with Crippen molar-refractivity contribution in [3.8, 4) is 11.3 Å². The van der Waals surface area contributed by atoms with E-state index in [1.54, 1.807) is 34.4 Å². The molecule has 0 radical (unpaired) electrons. The lowest BCUT2D eigenvalue weighted by Gasteiger charge is -2.34. The molecule has 0 spiro atoms. The number of halogens is 1. The fourth-order valence-electron chi connectivity index (χ4n) is 3.94. The molecular weight excluding hydrogens is 399 g/mol. The molecule has 0 atom stereocenters. The molecule has 1 aliphatic rings. The third-order valence-electron chi connectivity index (χ3n) is 5.55. The van der Waals surface area contributed by atoms with Gasteiger partial charge in [-0.3, -0.25) is 14.1 Å². The van der Waals surface area contributed by atoms with Crippen LogP contribution in [0.2, 0.25) is 0 Å². The molecule has 1 aliphatic heterocycles. The second-order valence-corrected chi connectivity index (χ2v) is 8.25. The summed E-state index contributed by atoms with van der Waals surface area (Å²) in [4.78, 5) is 22.6. The highest BCUT2D eigenvalue weighted by atomic mass is 32.1. The molecule has 1 amide bonds. The highest BCUT2D eigenvalue weighted by Gasteiger charge is 2.25. The predicted molar refractivity (Wildman–Crippen MR) is 116 cm³/mol. The highest BCUT2D eigenvalue weighted by Crippen LogP contribution is 2.28. The molecule has 0 bridgehead atoms. The molecule has 1 saturated heterocycles. The molecule has 1 fully saturated rings. The topological polar surface area (TPSA) is 40.9 Å². The average Bonchev–Trinajstić information content (AvgIpc) is 3.37. The zero-order valence-electron chi connectivity index (χ0n) is 16.4. The number of carbonyl (C=O) groups excluding carboxylic acids is 1. The van der Waals surface area contributed by atoms with Crippen LogP contribution in [-0.2, 0) is 6.54 Å². The predicted octanol–water partition coefficient (Wildman–Crippen LogP) is 4.16. The Labute approximate surface area is 178 Å². The number of thiazole rings is 1. The second kappa shape index (κ2) is 8.01. The van der Waals surface area contributed by atoms with Crippen molar-refractivity contribution in [2.24, 2.45) is 0 Å². The number of aromatic nitrogens is 2. The second-order valence-electron chi connectivity index (χ2n) is 7.38. The zero-order chi connectivity index (χ0) is 20.5. The molecule has 2 aromatic heterocycles. The van der Waals surface area contributed by atoms with Gasteiger partial charge in [-0.15, -0.1) is 11.3 Å². The lowest BCUT2D eigenvalue weighted by molar-refractivity contribution is 0.0622. The number of carbonyl (C=O) groups is 1. The quantitative estimate of drug-likeness (QED) is 0.498. The summed E-state index contributed by atoms with van der Waals surface area (Å²) in [5.74, 6) is -0.696. The molecule has 5 rings (SSSR count). The molecule has 3 heterocycles. The van der Waals surface area contributed by atoms with Gasteiger partial charge in [-0.05, 0) is 12.1 Å². The largest absolute Gasteiger partial charge is 0.336 e. The van der Waals surface area contributed by atoms with E-state index in [0.29, 0.717) is 13.1 Å². The van der Waals surface area contributed by atoms with Gasteiger partial charge in [-0.25, -0.2) is 9.37 Å². The first-order valence-corrected chi connectivity index (χ1v) is 10.8. The maximum Gasteiger partial charge on any atom is 0.256 e. The zero-order valence-corrected chi connectivity index (χ0v) is 17.2. The third kappa shape index (κ3) is 3.51. The Morgan fingerprint density at radius 2 is 1.73 bits per heavy atom. The van der Waals surface area contributed by atoms with Gasteiger partial charge in [-0.1, -0.05) is 42.5 Å². The van der Waals surface area contributed by atoms with Gasteiger partial charge in [0.1, 0.15) is 5.82 Å². The maximum absolute atomic E-state index is 14.0. The first-order valence-electron chi connectivity index (χ1n) is 9.97. The summed E-state index contributed by atoms with van der Waals surface area (Å²) < 4.78 is 16.1. The lowest BCUT2D eigenvalue weighted by Crippen LogP contribution is -2.48. The molecule has 0 aliphatic carbocycles. The van der Waals surface area contributed by atoms with Crippen LogP contribution in [0.5, 0.6) is 0 Å². The van der Waals surface area contributed by atoms with Crippen LogP contribution in [0.25, 0.3) is 16.2 Å². The van der Waals surface area contributed by atoms with Crippen LogP contribution in [0, 0.1) is 5.82 Å². The fraction of sp³-hybridized carbons (Fsp3) is 0.217. The minimum atomic E-state index is -0.462. The van der Waals surface area contributed by atoms with Crippen molar-refractivity contribution in [2.75, 3.05) is 26.2 Å². The van der Waals surface area contributed by atoms with Gasteiger partial charge < -0.3 is 4.90 Å². The normalized spacial score (nSPS) is 15.0. The Bertz CT molecular complexity index is 1180. The van der Waals surface area contributed by atoms with Crippen LogP contribution >= 0.6 is 11.3 Å². The molecule has 4 aromatic rings. The van der Waals surface area contributed by atoms with Crippen molar-refractivity contribution in [3.63, 3.8) is 0 Å². The molecule has 7 heteroatoms. The van der Waals surface area contributed by atoms with Crippen LogP contribution in [0.15, 0.2) is 66.2 Å². The van der Waals surface area contributed by atoms with Crippen molar-refractivity contribution in [3.05, 3.63) is 83.2 Å². The van der Waals surface area contributed by atoms with Gasteiger partial charge in [-0.2, -0.15) is 0 Å². The molecule has 0 saturated carbocycles. The van der Waals surface area contributed by atoms with E-state index in [0.717, 1.165) is 41.5 Å². The number of benzene rings is 2. The van der Waals surface area contributed by atoms with Crippen LogP contribution < -0.4 is 0 Å². The first kappa shape index (κ1) is 19.0. The van der Waals surface area contributed by atoms with Gasteiger partial charge in [0.25, 0.3) is 5.91 Å². The Kier molecular flexibility index (Phi) is 5.06. The number of amides is 1. The van der Waals surface area contributed by atoms with E-state index in [-0.39, 0.29) is 11.5 Å². The number of nitrogens with zero attached hydrogens (tertiary/aromatic N) is 4. The van der Waals surface area contributed by atoms with Crippen LogP contribution in [-0.4, -0.2) is 51.3 Å². The summed E-state index contributed by atoms with van der Waals surface area (Å²) in [6.45, 7) is 3.40. The minimum Gasteiger partial charge on any atom is -0.336 e. The van der Waals surface area contributed by atoms with Crippen molar-refractivity contribution >= 4 is 22.2 Å². The Hall–Kier alpha value is -3.03. The Morgan fingerprint density at radius 3 is 2.50 bits per heavy atom. The van der Waals surface area contributed by atoms with Gasteiger partial charge in [0.05, 0.1) is 17.0 Å². The van der Waals surface area contributed by atoms with E-state index in [1.807, 2.05) is 23.6 Å². The summed E-state index contributed by atoms with van der Waals surface area (Å²) in [6.07, 6.45) is 2.06. The Balaban J connectivity index is 1.33. The van der Waals surface area contributed by atoms with Crippen molar-refractivity contribution < 1.29 is 9.18 Å². The van der Waals surface area contributed by atoms with Gasteiger partial charge in [0.15, 0.2) is 4.96 Å². The van der Waals surface area contributed by atoms with Gasteiger partial charge in [0.2, 0.25) is 0 Å². The van der Waals surface area contributed by atoms with Crippen LogP contribution in [0.3, 0.4) is 0 Å². The number of piperazine rings is 1. The van der Waals surface area contributed by atoms with E-state index >= 15 is 0 Å². The van der Waals surface area contributed by atoms with E-state index < -0.39 is 5.82 Å². The van der Waals surface area contributed by atoms with Crippen LogP contribution in [0.4, 0.5) is 4.39 Å². The molecule has 2 aromatic carbocycles. The van der Waals surface area contributed by atoms with Crippen molar-refractivity contribution in [1.29, 1.82) is 0 Å². The molecule has 30 heavy (non-hydrogen) atoms. The number of hydrogen-bond donors (Lipinski definition) is 0. The number of hydrogen-bond acceptors (Lipinski definition) is 4. The van der Waals surface area contributed by atoms with Crippen molar-refractivity contribution in [1.82, 2.24) is 19.2 Å². The molecule has 5 nitrogen and oxygen atoms in total. The van der Waals surface area contributed by atoms with E-state index in [4.69, 9.17) is 4.98 Å². The molecule has 0 N–H and O–H groups in total. The lowest BCUT2D eigenvalue weighted by atomic mass is 10.1. The third-order valence-corrected chi connectivity index (χ3v) is 6.30. The van der Waals surface area contributed by atoms with E-state index in [1.165, 1.54) is 6.07 Å². The first-order chi connectivity index (χ1) is 14.7. The van der Waals surface area contributed by atoms with E-state index in [2.05, 4.69) is 27.6 Å². The summed E-state index contributed by atoms with van der Waals surface area (Å²) >= 11 is 1.63. The monoisotopic (exact) mass is 420 g/mol. The standard InChI is InChI=1S/C23H21FN4OS/c24-19-9-5-4-8-18(19)22(29)27-12-10-26(11-13-27)16-20-21(17-6-2-1-3-7-17)25-23-28(20)14-15-30-23/h1-9,14-15H,10-13,16H2. The summed E-state index contributed by atoms with van der Waals surface area (Å²) in [5.41, 5.74) is 3.42. The maximum atomic E-state index is 14.0. The van der Waals surface area contributed by atoms with E-state index in [9.17, 15) is 9.18 Å². The molecular formula is C23H21FN4OS. The number of imidazole rings is 1. The van der Waals surface area contributed by atoms with Crippen LogP contribution in [0.1, 0.15) is 16.1 Å². The smallest absolute Gasteiger partial charge is 0.256 e. The molecule has 0 unspecified atom stereocenters. The molecule has 152 valence electrons. The van der Waals surface area contributed by atoms with Gasteiger partial charge >= 0.3 is 0 Å². The minimum absolute atomic E-state index is 0.146. The highest BCUT2D eigenvalue weighted by molar-refractivity contribution is 7.15. The summed E-state index contributed by atoms with van der Waals surface area (Å²) in [7, 11) is 0. The summed E-state index contributed by atoms with van der Waals surface area (Å²) in [6, 6.07) is 16.4. The van der Waals surface area contributed by atoms with Crippen molar-refractivity contribution in [2.45, 2.75) is 6.54 Å². The summed E-state index contributed by atoms with van der Waals surface area (Å²) in [5, 5.41) is 2.05. The van der Waals surface area contributed by atoms with Gasteiger partial charge in [0, 0.05) is 49.9 Å². The SMILES string of the molecule is O=C(c1ccccc1F)N1CCN(Cc2c(-c3ccccc3)nc3sccn23)CC1. The Morgan fingerprint density at radius 1 is 1.00 bits per heavy atom. The fourth-order valence-corrected chi connectivity index (χ4v) is 4.67. The number of rotatable bonds is 4. The number of fused-ring (bicyclic) bond motifs is 1. The average molecular weight is 421 g/mol.